The van der Waals surface area contributed by atoms with Crippen LogP contribution in [-0.4, -0.2) is 13.1 Å². The second kappa shape index (κ2) is 5.32. The van der Waals surface area contributed by atoms with Gasteiger partial charge in [-0.2, -0.15) is 5.26 Å². The van der Waals surface area contributed by atoms with E-state index in [9.17, 15) is 4.79 Å². The lowest BCUT2D eigenvalue weighted by Crippen LogP contribution is -2.07. The number of carbonyl (C=O) groups is 1. The van der Waals surface area contributed by atoms with Crippen molar-refractivity contribution in [3.63, 3.8) is 0 Å². The molecule has 1 aromatic carbocycles. The zero-order valence-corrected chi connectivity index (χ0v) is 9.83. The molecule has 0 saturated carbocycles. The molecule has 0 aliphatic heterocycles. The van der Waals surface area contributed by atoms with E-state index in [-0.39, 0.29) is 12.4 Å². The van der Waals surface area contributed by atoms with E-state index in [2.05, 4.69) is 10.8 Å². The van der Waals surface area contributed by atoms with E-state index in [0.717, 1.165) is 23.1 Å². The Morgan fingerprint density at radius 2 is 2.12 bits per heavy atom. The smallest absolute Gasteiger partial charge is 0.309 e. The van der Waals surface area contributed by atoms with Gasteiger partial charge in [-0.25, -0.2) is 0 Å². The number of benzene rings is 1. The maximum Gasteiger partial charge on any atom is 0.309 e. The molecule has 0 saturated heterocycles. The lowest BCUT2D eigenvalue weighted by molar-refractivity contribution is -0.139. The summed E-state index contributed by atoms with van der Waals surface area (Å²) in [6.45, 7) is 3.88. The van der Waals surface area contributed by atoms with Crippen LogP contribution < -0.4 is 0 Å². The number of carbonyl (C=O) groups excluding carboxylic acids is 1. The largest absolute Gasteiger partial charge is 0.469 e. The third-order valence-corrected chi connectivity index (χ3v) is 2.61. The minimum atomic E-state index is -0.251. The molecule has 0 radical (unpaired) electrons. The molecule has 0 spiro atoms. The normalized spacial score (nSPS) is 9.62. The van der Waals surface area contributed by atoms with Crippen LogP contribution >= 0.6 is 0 Å². The summed E-state index contributed by atoms with van der Waals surface area (Å²) in [5.74, 6) is -0.251. The standard InChI is InChI=1S/C13H15NO2/c1-4-10-6-12(8-14)9(2)5-11(10)7-13(15)16-3/h5-6H,4,7H2,1-3H3. The molecule has 0 fully saturated rings. The second-order valence-corrected chi connectivity index (χ2v) is 3.65. The van der Waals surface area contributed by atoms with Crippen LogP contribution in [0.4, 0.5) is 0 Å². The first kappa shape index (κ1) is 12.3. The fourth-order valence-corrected chi connectivity index (χ4v) is 1.65. The summed E-state index contributed by atoms with van der Waals surface area (Å²) >= 11 is 0. The van der Waals surface area contributed by atoms with E-state index in [1.807, 2.05) is 26.0 Å². The third-order valence-electron chi connectivity index (χ3n) is 2.61. The molecular weight excluding hydrogens is 202 g/mol. The molecule has 0 amide bonds. The summed E-state index contributed by atoms with van der Waals surface area (Å²) in [6, 6.07) is 5.90. The highest BCUT2D eigenvalue weighted by Gasteiger charge is 2.10. The van der Waals surface area contributed by atoms with Crippen LogP contribution in [0.3, 0.4) is 0 Å². The number of nitrogens with zero attached hydrogens (tertiary/aromatic N) is 1. The minimum absolute atomic E-state index is 0.251. The SMILES string of the molecule is CCc1cc(C#N)c(C)cc1CC(=O)OC. The van der Waals surface area contributed by atoms with Gasteiger partial charge in [-0.05, 0) is 36.1 Å². The molecule has 0 aromatic heterocycles. The van der Waals surface area contributed by atoms with Gasteiger partial charge in [0, 0.05) is 0 Å². The van der Waals surface area contributed by atoms with Crippen molar-refractivity contribution >= 4 is 5.97 Å². The second-order valence-electron chi connectivity index (χ2n) is 3.65. The number of methoxy groups -OCH3 is 1. The zero-order valence-electron chi connectivity index (χ0n) is 9.83. The summed E-state index contributed by atoms with van der Waals surface area (Å²) in [6.07, 6.45) is 1.08. The molecule has 0 heterocycles. The Bertz CT molecular complexity index is 444. The van der Waals surface area contributed by atoms with Crippen LogP contribution in [0.5, 0.6) is 0 Å². The highest BCUT2D eigenvalue weighted by Crippen LogP contribution is 2.17. The molecule has 3 nitrogen and oxygen atoms in total. The Kier molecular flexibility index (Phi) is 4.07. The Balaban J connectivity index is 3.14. The zero-order chi connectivity index (χ0) is 12.1. The monoisotopic (exact) mass is 217 g/mol. The van der Waals surface area contributed by atoms with E-state index >= 15 is 0 Å². The van der Waals surface area contributed by atoms with Crippen LogP contribution in [0.15, 0.2) is 12.1 Å². The number of esters is 1. The van der Waals surface area contributed by atoms with E-state index in [1.54, 1.807) is 0 Å². The van der Waals surface area contributed by atoms with E-state index in [4.69, 9.17) is 5.26 Å². The lowest BCUT2D eigenvalue weighted by atomic mass is 9.96. The Hall–Kier alpha value is -1.82. The summed E-state index contributed by atoms with van der Waals surface area (Å²) in [7, 11) is 1.38. The van der Waals surface area contributed by atoms with E-state index in [1.165, 1.54) is 7.11 Å². The van der Waals surface area contributed by atoms with Crippen LogP contribution in [0.2, 0.25) is 0 Å². The Morgan fingerprint density at radius 1 is 1.44 bits per heavy atom. The first-order valence-corrected chi connectivity index (χ1v) is 5.21. The number of hydrogen-bond donors (Lipinski definition) is 0. The minimum Gasteiger partial charge on any atom is -0.469 e. The van der Waals surface area contributed by atoms with Crippen molar-refractivity contribution in [1.82, 2.24) is 0 Å². The van der Waals surface area contributed by atoms with Gasteiger partial charge < -0.3 is 4.74 Å². The molecular formula is C13H15NO2. The number of hydrogen-bond acceptors (Lipinski definition) is 3. The fourth-order valence-electron chi connectivity index (χ4n) is 1.65. The van der Waals surface area contributed by atoms with Crippen molar-refractivity contribution in [2.45, 2.75) is 26.7 Å². The van der Waals surface area contributed by atoms with Crippen molar-refractivity contribution in [3.05, 3.63) is 34.4 Å². The van der Waals surface area contributed by atoms with Crippen molar-refractivity contribution in [2.75, 3.05) is 7.11 Å². The van der Waals surface area contributed by atoms with Crippen molar-refractivity contribution in [3.8, 4) is 6.07 Å². The average Bonchev–Trinajstić information content (AvgIpc) is 2.29. The van der Waals surface area contributed by atoms with Crippen molar-refractivity contribution in [1.29, 1.82) is 5.26 Å². The molecule has 1 aromatic rings. The van der Waals surface area contributed by atoms with Gasteiger partial charge in [0.15, 0.2) is 0 Å². The molecule has 0 aliphatic carbocycles. The highest BCUT2D eigenvalue weighted by molar-refractivity contribution is 5.73. The summed E-state index contributed by atoms with van der Waals surface area (Å²) in [5, 5.41) is 8.92. The molecule has 16 heavy (non-hydrogen) atoms. The number of rotatable bonds is 3. The first-order valence-electron chi connectivity index (χ1n) is 5.21. The number of ether oxygens (including phenoxy) is 1. The highest BCUT2D eigenvalue weighted by atomic mass is 16.5. The molecule has 3 heteroatoms. The summed E-state index contributed by atoms with van der Waals surface area (Å²) < 4.78 is 4.65. The first-order chi connectivity index (χ1) is 7.62. The van der Waals surface area contributed by atoms with Gasteiger partial charge in [-0.3, -0.25) is 4.79 Å². The molecule has 1 rings (SSSR count). The number of nitriles is 1. The molecule has 0 bridgehead atoms. The Labute approximate surface area is 95.7 Å². The predicted octanol–water partition coefficient (Wildman–Crippen LogP) is 2.14. The molecule has 0 unspecified atom stereocenters. The van der Waals surface area contributed by atoms with Gasteiger partial charge in [0.2, 0.25) is 0 Å². The van der Waals surface area contributed by atoms with Crippen LogP contribution in [0, 0.1) is 18.3 Å². The quantitative estimate of drug-likeness (QED) is 0.729. The molecule has 0 atom stereocenters. The fraction of sp³-hybridized carbons (Fsp3) is 0.385. The third kappa shape index (κ3) is 2.60. The average molecular weight is 217 g/mol. The van der Waals surface area contributed by atoms with Crippen LogP contribution in [0.1, 0.15) is 29.2 Å². The topological polar surface area (TPSA) is 50.1 Å². The molecule has 84 valence electrons. The number of aryl methyl sites for hydroxylation is 2. The van der Waals surface area contributed by atoms with Gasteiger partial charge in [-0.15, -0.1) is 0 Å². The van der Waals surface area contributed by atoms with Crippen molar-refractivity contribution < 1.29 is 9.53 Å². The van der Waals surface area contributed by atoms with Gasteiger partial charge in [-0.1, -0.05) is 13.0 Å². The van der Waals surface area contributed by atoms with E-state index in [0.29, 0.717) is 5.56 Å². The van der Waals surface area contributed by atoms with E-state index < -0.39 is 0 Å². The maximum atomic E-state index is 11.2. The molecule has 0 N–H and O–H groups in total. The molecule has 0 aliphatic rings. The van der Waals surface area contributed by atoms with Crippen LogP contribution in [-0.2, 0) is 22.4 Å². The van der Waals surface area contributed by atoms with Gasteiger partial charge in [0.25, 0.3) is 0 Å². The Morgan fingerprint density at radius 3 is 2.62 bits per heavy atom. The van der Waals surface area contributed by atoms with Gasteiger partial charge in [0.1, 0.15) is 0 Å². The predicted molar refractivity (Wildman–Crippen MR) is 61.0 cm³/mol. The maximum absolute atomic E-state index is 11.2. The summed E-state index contributed by atoms with van der Waals surface area (Å²) in [4.78, 5) is 11.2. The van der Waals surface area contributed by atoms with Gasteiger partial charge in [0.05, 0.1) is 25.2 Å². The summed E-state index contributed by atoms with van der Waals surface area (Å²) in [5.41, 5.74) is 3.56. The van der Waals surface area contributed by atoms with Gasteiger partial charge >= 0.3 is 5.97 Å². The van der Waals surface area contributed by atoms with Crippen molar-refractivity contribution in [2.24, 2.45) is 0 Å². The van der Waals surface area contributed by atoms with Crippen LogP contribution in [0.25, 0.3) is 0 Å². The lowest BCUT2D eigenvalue weighted by Gasteiger charge is -2.09.